The number of hydrazine groups is 1. The predicted octanol–water partition coefficient (Wildman–Crippen LogP) is 1.40. The van der Waals surface area contributed by atoms with Gasteiger partial charge in [-0.2, -0.15) is 0 Å². The molecule has 0 radical (unpaired) electrons. The molecule has 0 amide bonds. The van der Waals surface area contributed by atoms with E-state index in [0.29, 0.717) is 12.6 Å². The fourth-order valence-corrected chi connectivity index (χ4v) is 1.51. The zero-order valence-corrected chi connectivity index (χ0v) is 11.3. The molecule has 0 aliphatic heterocycles. The van der Waals surface area contributed by atoms with E-state index in [0.717, 1.165) is 19.5 Å². The highest BCUT2D eigenvalue weighted by molar-refractivity contribution is 5.79. The first kappa shape index (κ1) is 16.2. The van der Waals surface area contributed by atoms with Gasteiger partial charge in [-0.1, -0.05) is 39.0 Å². The van der Waals surface area contributed by atoms with Crippen molar-refractivity contribution in [3.8, 4) is 0 Å². The summed E-state index contributed by atoms with van der Waals surface area (Å²) in [6, 6.07) is 0. The van der Waals surface area contributed by atoms with Crippen molar-refractivity contribution in [1.29, 1.82) is 0 Å². The highest BCUT2D eigenvalue weighted by atomic mass is 16.5. The van der Waals surface area contributed by atoms with Crippen molar-refractivity contribution in [3.05, 3.63) is 0 Å². The van der Waals surface area contributed by atoms with Crippen LogP contribution in [0.25, 0.3) is 0 Å². The second-order valence-electron chi connectivity index (χ2n) is 4.06. The van der Waals surface area contributed by atoms with Gasteiger partial charge in [0.1, 0.15) is 0 Å². The van der Waals surface area contributed by atoms with Gasteiger partial charge in [-0.25, -0.2) is 5.84 Å². The Bertz CT molecular complexity index is 185. The Labute approximate surface area is 105 Å². The Morgan fingerprint density at radius 1 is 1.18 bits per heavy atom. The number of nitrogens with zero attached hydrogens (tertiary/aromatic N) is 1. The van der Waals surface area contributed by atoms with Crippen LogP contribution in [0, 0.1) is 0 Å². The Balaban J connectivity index is 3.44. The number of nitrogens with two attached hydrogens (primary N) is 1. The van der Waals surface area contributed by atoms with Gasteiger partial charge in [-0.15, -0.1) is 0 Å². The molecular formula is C12H28N4O. The smallest absolute Gasteiger partial charge is 0.205 e. The van der Waals surface area contributed by atoms with E-state index in [2.05, 4.69) is 22.7 Å². The van der Waals surface area contributed by atoms with Crippen molar-refractivity contribution in [3.63, 3.8) is 0 Å². The summed E-state index contributed by atoms with van der Waals surface area (Å²) >= 11 is 0. The molecule has 0 aromatic carbocycles. The largest absolute Gasteiger partial charge is 0.383 e. The molecule has 0 aliphatic rings. The monoisotopic (exact) mass is 244 g/mol. The fourth-order valence-electron chi connectivity index (χ4n) is 1.51. The van der Waals surface area contributed by atoms with E-state index >= 15 is 0 Å². The summed E-state index contributed by atoms with van der Waals surface area (Å²) < 4.78 is 4.93. The Hall–Kier alpha value is -0.810. The third-order valence-electron chi connectivity index (χ3n) is 2.52. The van der Waals surface area contributed by atoms with Crippen molar-refractivity contribution in [2.24, 2.45) is 10.8 Å². The summed E-state index contributed by atoms with van der Waals surface area (Å²) in [6.07, 6.45) is 7.67. The molecule has 0 unspecified atom stereocenters. The second kappa shape index (κ2) is 13.3. The third kappa shape index (κ3) is 11.5. The van der Waals surface area contributed by atoms with E-state index in [-0.39, 0.29) is 0 Å². The minimum atomic E-state index is 0.649. The maximum absolute atomic E-state index is 5.35. The van der Waals surface area contributed by atoms with Crippen LogP contribution in [0.3, 0.4) is 0 Å². The van der Waals surface area contributed by atoms with Crippen molar-refractivity contribution in [2.75, 3.05) is 26.8 Å². The number of ether oxygens (including phenoxy) is 1. The average Bonchev–Trinajstić information content (AvgIpc) is 2.35. The molecule has 5 nitrogen and oxygen atoms in total. The number of rotatable bonds is 10. The summed E-state index contributed by atoms with van der Waals surface area (Å²) in [6.45, 7) is 4.43. The van der Waals surface area contributed by atoms with Crippen LogP contribution in [0.1, 0.15) is 45.4 Å². The summed E-state index contributed by atoms with van der Waals surface area (Å²) in [4.78, 5) is 4.35. The normalized spacial score (nSPS) is 11.6. The number of methoxy groups -OCH3 is 1. The van der Waals surface area contributed by atoms with Crippen molar-refractivity contribution in [2.45, 2.75) is 45.4 Å². The SMILES string of the molecule is CCCCCCCCN=C(NN)NCCOC. The van der Waals surface area contributed by atoms with Crippen LogP contribution in [-0.4, -0.2) is 32.8 Å². The molecule has 0 aliphatic carbocycles. The lowest BCUT2D eigenvalue weighted by Gasteiger charge is -2.08. The summed E-state index contributed by atoms with van der Waals surface area (Å²) in [5, 5.41) is 3.07. The molecule has 0 spiro atoms. The van der Waals surface area contributed by atoms with Gasteiger partial charge >= 0.3 is 0 Å². The van der Waals surface area contributed by atoms with Crippen LogP contribution in [0.2, 0.25) is 0 Å². The van der Waals surface area contributed by atoms with Crippen LogP contribution in [-0.2, 0) is 4.74 Å². The number of aliphatic imine (C=N–C) groups is 1. The van der Waals surface area contributed by atoms with Gasteiger partial charge in [0, 0.05) is 20.2 Å². The van der Waals surface area contributed by atoms with Gasteiger partial charge in [-0.05, 0) is 6.42 Å². The zero-order chi connectivity index (χ0) is 12.8. The Kier molecular flexibility index (Phi) is 12.6. The van der Waals surface area contributed by atoms with E-state index in [1.165, 1.54) is 32.1 Å². The lowest BCUT2D eigenvalue weighted by molar-refractivity contribution is 0.203. The minimum Gasteiger partial charge on any atom is -0.383 e. The number of hydrogen-bond acceptors (Lipinski definition) is 3. The van der Waals surface area contributed by atoms with Gasteiger partial charge in [0.25, 0.3) is 0 Å². The standard InChI is InChI=1S/C12H28N4O/c1-3-4-5-6-7-8-9-14-12(16-13)15-10-11-17-2/h3-11,13H2,1-2H3,(H2,14,15,16). The Morgan fingerprint density at radius 2 is 1.88 bits per heavy atom. The molecular weight excluding hydrogens is 216 g/mol. The van der Waals surface area contributed by atoms with E-state index in [9.17, 15) is 0 Å². The summed E-state index contributed by atoms with van der Waals surface area (Å²) in [7, 11) is 1.67. The molecule has 5 heteroatoms. The summed E-state index contributed by atoms with van der Waals surface area (Å²) in [5.41, 5.74) is 2.56. The number of nitrogens with one attached hydrogen (secondary N) is 2. The molecule has 17 heavy (non-hydrogen) atoms. The molecule has 102 valence electrons. The highest BCUT2D eigenvalue weighted by Gasteiger charge is 1.94. The van der Waals surface area contributed by atoms with Crippen LogP contribution in [0.5, 0.6) is 0 Å². The maximum Gasteiger partial charge on any atom is 0.205 e. The van der Waals surface area contributed by atoms with Crippen molar-refractivity contribution < 1.29 is 4.74 Å². The third-order valence-corrected chi connectivity index (χ3v) is 2.52. The quantitative estimate of drug-likeness (QED) is 0.179. The lowest BCUT2D eigenvalue weighted by Crippen LogP contribution is -2.42. The molecule has 4 N–H and O–H groups in total. The first-order valence-corrected chi connectivity index (χ1v) is 6.59. The number of guanidine groups is 1. The molecule has 0 atom stereocenters. The lowest BCUT2D eigenvalue weighted by atomic mass is 10.1. The molecule has 0 aromatic heterocycles. The topological polar surface area (TPSA) is 71.7 Å². The average molecular weight is 244 g/mol. The van der Waals surface area contributed by atoms with Crippen LogP contribution in [0.4, 0.5) is 0 Å². The van der Waals surface area contributed by atoms with E-state index in [4.69, 9.17) is 10.6 Å². The molecule has 0 aromatic rings. The van der Waals surface area contributed by atoms with Crippen LogP contribution >= 0.6 is 0 Å². The molecule has 0 rings (SSSR count). The Morgan fingerprint density at radius 3 is 2.53 bits per heavy atom. The predicted molar refractivity (Wildman–Crippen MR) is 72.9 cm³/mol. The molecule has 0 saturated carbocycles. The molecule has 0 bridgehead atoms. The van der Waals surface area contributed by atoms with E-state index in [1.54, 1.807) is 7.11 Å². The maximum atomic E-state index is 5.35. The first-order chi connectivity index (χ1) is 8.35. The van der Waals surface area contributed by atoms with Gasteiger partial charge in [0.05, 0.1) is 6.61 Å². The van der Waals surface area contributed by atoms with Crippen molar-refractivity contribution >= 4 is 5.96 Å². The minimum absolute atomic E-state index is 0.649. The van der Waals surface area contributed by atoms with E-state index < -0.39 is 0 Å². The highest BCUT2D eigenvalue weighted by Crippen LogP contribution is 2.04. The second-order valence-corrected chi connectivity index (χ2v) is 4.06. The number of hydrogen-bond donors (Lipinski definition) is 3. The van der Waals surface area contributed by atoms with Gasteiger partial charge < -0.3 is 10.1 Å². The first-order valence-electron chi connectivity index (χ1n) is 6.59. The van der Waals surface area contributed by atoms with Gasteiger partial charge in [0.15, 0.2) is 0 Å². The van der Waals surface area contributed by atoms with Crippen molar-refractivity contribution in [1.82, 2.24) is 10.7 Å². The molecule has 0 heterocycles. The van der Waals surface area contributed by atoms with Gasteiger partial charge in [0.2, 0.25) is 5.96 Å². The summed E-state index contributed by atoms with van der Waals surface area (Å²) in [5.74, 6) is 6.00. The number of unbranched alkanes of at least 4 members (excludes halogenated alkanes) is 5. The fraction of sp³-hybridized carbons (Fsp3) is 0.917. The van der Waals surface area contributed by atoms with Gasteiger partial charge in [-0.3, -0.25) is 10.4 Å². The zero-order valence-electron chi connectivity index (χ0n) is 11.3. The molecule has 0 fully saturated rings. The van der Waals surface area contributed by atoms with Crippen LogP contribution < -0.4 is 16.6 Å². The molecule has 0 saturated heterocycles. The van der Waals surface area contributed by atoms with Crippen LogP contribution in [0.15, 0.2) is 4.99 Å². The van der Waals surface area contributed by atoms with E-state index in [1.807, 2.05) is 0 Å².